The second kappa shape index (κ2) is 5.19. The summed E-state index contributed by atoms with van der Waals surface area (Å²) in [4.78, 5) is 23.1. The standard InChI is InChI=1S/C13H15ClN2O3/c1-13(2-3-15-7-13)12(19)16-10-5-8(11(17)18)4-9(14)6-10/h4-6,15H,2-3,7H2,1H3,(H,16,19)(H,17,18). The van der Waals surface area contributed by atoms with Crippen LogP contribution in [0.5, 0.6) is 0 Å². The van der Waals surface area contributed by atoms with Gasteiger partial charge in [-0.25, -0.2) is 4.79 Å². The van der Waals surface area contributed by atoms with E-state index in [0.29, 0.717) is 12.2 Å². The van der Waals surface area contributed by atoms with Crippen LogP contribution in [0.3, 0.4) is 0 Å². The van der Waals surface area contributed by atoms with E-state index in [1.807, 2.05) is 6.92 Å². The molecule has 0 aliphatic carbocycles. The Balaban J connectivity index is 2.19. The fraction of sp³-hybridized carbons (Fsp3) is 0.385. The minimum atomic E-state index is -1.08. The van der Waals surface area contributed by atoms with E-state index in [1.54, 1.807) is 0 Å². The van der Waals surface area contributed by atoms with Crippen LogP contribution in [0.1, 0.15) is 23.7 Å². The Bertz CT molecular complexity index is 525. The summed E-state index contributed by atoms with van der Waals surface area (Å²) in [5, 5.41) is 15.1. The van der Waals surface area contributed by atoms with E-state index in [2.05, 4.69) is 10.6 Å². The van der Waals surface area contributed by atoms with Crippen molar-refractivity contribution < 1.29 is 14.7 Å². The zero-order valence-electron chi connectivity index (χ0n) is 10.5. The van der Waals surface area contributed by atoms with E-state index in [9.17, 15) is 9.59 Å². The molecule has 1 fully saturated rings. The molecule has 0 saturated carbocycles. The Kier molecular flexibility index (Phi) is 3.78. The van der Waals surface area contributed by atoms with Gasteiger partial charge in [0.2, 0.25) is 5.91 Å². The lowest BCUT2D eigenvalue weighted by molar-refractivity contribution is -0.123. The second-order valence-corrected chi connectivity index (χ2v) is 5.41. The van der Waals surface area contributed by atoms with Gasteiger partial charge in [0.1, 0.15) is 0 Å². The molecular weight excluding hydrogens is 268 g/mol. The molecule has 1 saturated heterocycles. The summed E-state index contributed by atoms with van der Waals surface area (Å²) in [7, 11) is 0. The van der Waals surface area contributed by atoms with Gasteiger partial charge in [-0.15, -0.1) is 0 Å². The Labute approximate surface area is 116 Å². The van der Waals surface area contributed by atoms with Crippen molar-refractivity contribution in [2.75, 3.05) is 18.4 Å². The van der Waals surface area contributed by atoms with Crippen LogP contribution in [0.4, 0.5) is 5.69 Å². The minimum absolute atomic E-state index is 0.0532. The Morgan fingerprint density at radius 2 is 2.16 bits per heavy atom. The third-order valence-electron chi connectivity index (χ3n) is 3.32. The number of hydrogen-bond donors (Lipinski definition) is 3. The van der Waals surface area contributed by atoms with Crippen LogP contribution < -0.4 is 10.6 Å². The van der Waals surface area contributed by atoms with Gasteiger partial charge in [-0.05, 0) is 38.1 Å². The monoisotopic (exact) mass is 282 g/mol. The van der Waals surface area contributed by atoms with Crippen molar-refractivity contribution in [3.8, 4) is 0 Å². The lowest BCUT2D eigenvalue weighted by Gasteiger charge is -2.21. The largest absolute Gasteiger partial charge is 0.478 e. The molecule has 1 atom stereocenters. The van der Waals surface area contributed by atoms with Crippen LogP contribution in [-0.2, 0) is 4.79 Å². The normalized spacial score (nSPS) is 22.2. The number of aromatic carboxylic acids is 1. The first-order valence-corrected chi connectivity index (χ1v) is 6.35. The van der Waals surface area contributed by atoms with Gasteiger partial charge in [0, 0.05) is 17.3 Å². The van der Waals surface area contributed by atoms with Gasteiger partial charge in [-0.2, -0.15) is 0 Å². The summed E-state index contributed by atoms with van der Waals surface area (Å²) in [5.41, 5.74) is -0.00774. The third kappa shape index (κ3) is 3.05. The molecule has 1 unspecified atom stereocenters. The molecule has 1 aliphatic rings. The molecule has 0 radical (unpaired) electrons. The quantitative estimate of drug-likeness (QED) is 0.792. The molecule has 1 amide bonds. The maximum Gasteiger partial charge on any atom is 0.335 e. The lowest BCUT2D eigenvalue weighted by Crippen LogP contribution is -2.35. The first-order chi connectivity index (χ1) is 8.90. The van der Waals surface area contributed by atoms with Crippen molar-refractivity contribution in [2.24, 2.45) is 5.41 Å². The SMILES string of the molecule is CC1(C(=O)Nc2cc(Cl)cc(C(=O)O)c2)CCNC1. The van der Waals surface area contributed by atoms with Gasteiger partial charge in [0.25, 0.3) is 0 Å². The number of anilines is 1. The van der Waals surface area contributed by atoms with E-state index < -0.39 is 11.4 Å². The maximum absolute atomic E-state index is 12.2. The van der Waals surface area contributed by atoms with E-state index in [1.165, 1.54) is 18.2 Å². The van der Waals surface area contributed by atoms with Gasteiger partial charge >= 0.3 is 5.97 Å². The Morgan fingerprint density at radius 3 is 2.74 bits per heavy atom. The van der Waals surface area contributed by atoms with Crippen molar-refractivity contribution in [3.63, 3.8) is 0 Å². The average molecular weight is 283 g/mol. The zero-order chi connectivity index (χ0) is 14.0. The number of halogens is 1. The summed E-state index contributed by atoms with van der Waals surface area (Å²) in [6.45, 7) is 3.30. The topological polar surface area (TPSA) is 78.4 Å². The van der Waals surface area contributed by atoms with Crippen molar-refractivity contribution in [1.29, 1.82) is 0 Å². The maximum atomic E-state index is 12.2. The number of carboxylic acid groups (broad SMARTS) is 1. The van der Waals surface area contributed by atoms with Gasteiger partial charge in [-0.3, -0.25) is 4.79 Å². The van der Waals surface area contributed by atoms with Gasteiger partial charge in [0.15, 0.2) is 0 Å². The predicted molar refractivity (Wildman–Crippen MR) is 72.6 cm³/mol. The highest BCUT2D eigenvalue weighted by Gasteiger charge is 2.36. The molecule has 102 valence electrons. The van der Waals surface area contributed by atoms with Crippen molar-refractivity contribution in [3.05, 3.63) is 28.8 Å². The molecule has 19 heavy (non-hydrogen) atoms. The molecule has 1 aliphatic heterocycles. The highest BCUT2D eigenvalue weighted by molar-refractivity contribution is 6.31. The summed E-state index contributed by atoms with van der Waals surface area (Å²) in [6, 6.07) is 4.29. The minimum Gasteiger partial charge on any atom is -0.478 e. The summed E-state index contributed by atoms with van der Waals surface area (Å²) >= 11 is 5.84. The van der Waals surface area contributed by atoms with Crippen LogP contribution in [0.15, 0.2) is 18.2 Å². The van der Waals surface area contributed by atoms with E-state index >= 15 is 0 Å². The summed E-state index contributed by atoms with van der Waals surface area (Å²) in [5.74, 6) is -1.21. The molecule has 6 heteroatoms. The van der Waals surface area contributed by atoms with Crippen molar-refractivity contribution in [2.45, 2.75) is 13.3 Å². The molecule has 1 heterocycles. The number of carbonyl (C=O) groups is 2. The predicted octanol–water partition coefficient (Wildman–Crippen LogP) is 1.98. The summed E-state index contributed by atoms with van der Waals surface area (Å²) < 4.78 is 0. The first kappa shape index (κ1) is 13.8. The number of carboxylic acids is 1. The summed E-state index contributed by atoms with van der Waals surface area (Å²) in [6.07, 6.45) is 0.755. The van der Waals surface area contributed by atoms with Crippen LogP contribution in [0, 0.1) is 5.41 Å². The van der Waals surface area contributed by atoms with Crippen LogP contribution in [0.25, 0.3) is 0 Å². The molecule has 1 aromatic rings. The fourth-order valence-electron chi connectivity index (χ4n) is 2.08. The molecule has 0 spiro atoms. The lowest BCUT2D eigenvalue weighted by atomic mass is 9.88. The Hall–Kier alpha value is -1.59. The van der Waals surface area contributed by atoms with E-state index in [-0.39, 0.29) is 16.5 Å². The van der Waals surface area contributed by atoms with E-state index in [4.69, 9.17) is 16.7 Å². The Morgan fingerprint density at radius 1 is 1.42 bits per heavy atom. The van der Waals surface area contributed by atoms with Crippen LogP contribution >= 0.6 is 11.6 Å². The van der Waals surface area contributed by atoms with Gasteiger partial charge in [0.05, 0.1) is 11.0 Å². The van der Waals surface area contributed by atoms with E-state index in [0.717, 1.165) is 13.0 Å². The molecule has 1 aromatic carbocycles. The molecule has 3 N–H and O–H groups in total. The highest BCUT2D eigenvalue weighted by atomic mass is 35.5. The first-order valence-electron chi connectivity index (χ1n) is 5.97. The van der Waals surface area contributed by atoms with Gasteiger partial charge < -0.3 is 15.7 Å². The molecule has 0 bridgehead atoms. The number of amides is 1. The molecule has 2 rings (SSSR count). The van der Waals surface area contributed by atoms with Crippen molar-refractivity contribution >= 4 is 29.2 Å². The third-order valence-corrected chi connectivity index (χ3v) is 3.54. The fourth-order valence-corrected chi connectivity index (χ4v) is 2.31. The number of nitrogens with one attached hydrogen (secondary N) is 2. The van der Waals surface area contributed by atoms with Crippen LogP contribution in [0.2, 0.25) is 5.02 Å². The number of rotatable bonds is 3. The second-order valence-electron chi connectivity index (χ2n) is 4.98. The zero-order valence-corrected chi connectivity index (χ0v) is 11.3. The van der Waals surface area contributed by atoms with Crippen molar-refractivity contribution in [1.82, 2.24) is 5.32 Å². The smallest absolute Gasteiger partial charge is 0.335 e. The van der Waals surface area contributed by atoms with Crippen LogP contribution in [-0.4, -0.2) is 30.1 Å². The highest BCUT2D eigenvalue weighted by Crippen LogP contribution is 2.27. The average Bonchev–Trinajstić information content (AvgIpc) is 2.76. The number of carbonyl (C=O) groups excluding carboxylic acids is 1. The number of hydrogen-bond acceptors (Lipinski definition) is 3. The molecule has 5 nitrogen and oxygen atoms in total. The van der Waals surface area contributed by atoms with Gasteiger partial charge in [-0.1, -0.05) is 11.6 Å². The molecule has 0 aromatic heterocycles. The molecular formula is C13H15ClN2O3. The number of benzene rings is 1.